The van der Waals surface area contributed by atoms with E-state index in [4.69, 9.17) is 5.73 Å². The maximum Gasteiger partial charge on any atom is 0.253 e. The number of anilines is 2. The van der Waals surface area contributed by atoms with E-state index in [9.17, 15) is 4.79 Å². The number of nitrogens with one attached hydrogen (secondary N) is 1. The first-order chi connectivity index (χ1) is 9.57. The zero-order valence-corrected chi connectivity index (χ0v) is 13.1. The van der Waals surface area contributed by atoms with Gasteiger partial charge in [0.1, 0.15) is 0 Å². The lowest BCUT2D eigenvalue weighted by molar-refractivity contribution is 0.0963. The van der Waals surface area contributed by atoms with Crippen molar-refractivity contribution in [3.8, 4) is 0 Å². The van der Waals surface area contributed by atoms with Gasteiger partial charge in [0.25, 0.3) is 5.91 Å². The van der Waals surface area contributed by atoms with Crippen LogP contribution < -0.4 is 16.0 Å². The summed E-state index contributed by atoms with van der Waals surface area (Å²) in [4.78, 5) is 14.3. The molecule has 1 aromatic rings. The second kappa shape index (κ2) is 7.78. The molecule has 0 saturated heterocycles. The summed E-state index contributed by atoms with van der Waals surface area (Å²) in [5, 5.41) is 2.69. The van der Waals surface area contributed by atoms with Crippen LogP contribution in [0.4, 0.5) is 11.4 Å². The van der Waals surface area contributed by atoms with E-state index in [2.05, 4.69) is 31.0 Å². The lowest BCUT2D eigenvalue weighted by atomic mass is 10.0. The molecule has 0 unspecified atom stereocenters. The Morgan fingerprint density at radius 1 is 1.30 bits per heavy atom. The second-order valence-corrected chi connectivity index (χ2v) is 5.08. The molecule has 0 fully saturated rings. The molecule has 0 bridgehead atoms. The minimum absolute atomic E-state index is 0.0667. The number of benzene rings is 1. The molecule has 0 saturated carbocycles. The number of rotatable bonds is 7. The number of hydrogen-bond donors (Lipinski definition) is 2. The van der Waals surface area contributed by atoms with Gasteiger partial charge >= 0.3 is 0 Å². The fourth-order valence-electron chi connectivity index (χ4n) is 2.39. The van der Waals surface area contributed by atoms with Crippen LogP contribution >= 0.6 is 0 Å². The maximum atomic E-state index is 12.0. The molecule has 1 amide bonds. The fraction of sp³-hybridized carbons (Fsp3) is 0.562. The highest BCUT2D eigenvalue weighted by atomic mass is 16.1. The predicted octanol–water partition coefficient (Wildman–Crippen LogP) is 2.89. The molecule has 20 heavy (non-hydrogen) atoms. The van der Waals surface area contributed by atoms with Crippen LogP contribution in [0.2, 0.25) is 0 Å². The van der Waals surface area contributed by atoms with Crippen LogP contribution in [0.5, 0.6) is 0 Å². The topological polar surface area (TPSA) is 58.4 Å². The SMILES string of the molecule is CCC(CC)CN(CC)c1cc(N)ccc1C(=O)NC. The fourth-order valence-corrected chi connectivity index (χ4v) is 2.39. The molecule has 1 rings (SSSR count). The molecule has 3 N–H and O–H groups in total. The van der Waals surface area contributed by atoms with E-state index in [1.54, 1.807) is 19.2 Å². The summed E-state index contributed by atoms with van der Waals surface area (Å²) in [6.07, 6.45) is 2.29. The van der Waals surface area contributed by atoms with Crippen molar-refractivity contribution in [2.45, 2.75) is 33.6 Å². The monoisotopic (exact) mass is 277 g/mol. The lowest BCUT2D eigenvalue weighted by Gasteiger charge is -2.29. The third kappa shape index (κ3) is 3.89. The lowest BCUT2D eigenvalue weighted by Crippen LogP contribution is -2.31. The van der Waals surface area contributed by atoms with Gasteiger partial charge in [-0.05, 0) is 31.0 Å². The first kappa shape index (κ1) is 16.3. The third-order valence-electron chi connectivity index (χ3n) is 3.85. The Labute approximate surface area is 122 Å². The molecule has 0 atom stereocenters. The van der Waals surface area contributed by atoms with E-state index in [1.165, 1.54) is 0 Å². The van der Waals surface area contributed by atoms with Crippen molar-refractivity contribution in [1.29, 1.82) is 0 Å². The van der Waals surface area contributed by atoms with Crippen LogP contribution in [0.25, 0.3) is 0 Å². The van der Waals surface area contributed by atoms with Gasteiger partial charge < -0.3 is 16.0 Å². The van der Waals surface area contributed by atoms with Gasteiger partial charge in [-0.1, -0.05) is 26.7 Å². The maximum absolute atomic E-state index is 12.0. The smallest absolute Gasteiger partial charge is 0.253 e. The first-order valence-corrected chi connectivity index (χ1v) is 7.43. The van der Waals surface area contributed by atoms with Gasteiger partial charge in [-0.25, -0.2) is 0 Å². The van der Waals surface area contributed by atoms with E-state index in [0.29, 0.717) is 17.2 Å². The zero-order valence-electron chi connectivity index (χ0n) is 13.1. The van der Waals surface area contributed by atoms with Crippen molar-refractivity contribution in [3.05, 3.63) is 23.8 Å². The molecule has 1 aromatic carbocycles. The van der Waals surface area contributed by atoms with Gasteiger partial charge in [-0.2, -0.15) is 0 Å². The molecular weight excluding hydrogens is 250 g/mol. The van der Waals surface area contributed by atoms with Gasteiger partial charge in [0.05, 0.1) is 11.3 Å². The van der Waals surface area contributed by atoms with Crippen molar-refractivity contribution < 1.29 is 4.79 Å². The number of carbonyl (C=O) groups excluding carboxylic acids is 1. The average molecular weight is 277 g/mol. The third-order valence-corrected chi connectivity index (χ3v) is 3.85. The van der Waals surface area contributed by atoms with E-state index in [0.717, 1.165) is 31.6 Å². The molecule has 4 nitrogen and oxygen atoms in total. The predicted molar refractivity (Wildman–Crippen MR) is 86.2 cm³/mol. The minimum Gasteiger partial charge on any atom is -0.399 e. The van der Waals surface area contributed by atoms with Gasteiger partial charge in [-0.15, -0.1) is 0 Å². The van der Waals surface area contributed by atoms with E-state index in [-0.39, 0.29) is 5.91 Å². The normalized spacial score (nSPS) is 10.7. The molecule has 0 aliphatic rings. The summed E-state index contributed by atoms with van der Waals surface area (Å²) in [6, 6.07) is 5.48. The molecule has 112 valence electrons. The molecule has 0 aromatic heterocycles. The zero-order chi connectivity index (χ0) is 15.1. The number of nitrogen functional groups attached to an aromatic ring is 1. The van der Waals surface area contributed by atoms with Crippen LogP contribution in [0, 0.1) is 5.92 Å². The molecule has 0 aliphatic carbocycles. The van der Waals surface area contributed by atoms with Crippen molar-refractivity contribution in [2.75, 3.05) is 30.8 Å². The largest absolute Gasteiger partial charge is 0.399 e. The molecular formula is C16H27N3O. The molecule has 0 heterocycles. The molecule has 0 radical (unpaired) electrons. The highest BCUT2D eigenvalue weighted by Gasteiger charge is 2.17. The Hall–Kier alpha value is -1.71. The van der Waals surface area contributed by atoms with Crippen molar-refractivity contribution >= 4 is 17.3 Å². The minimum atomic E-state index is -0.0667. The van der Waals surface area contributed by atoms with Gasteiger partial charge in [0.2, 0.25) is 0 Å². The standard InChI is InChI=1S/C16H27N3O/c1-5-12(6-2)11-19(7-3)15-10-13(17)8-9-14(15)16(20)18-4/h8-10,12H,5-7,11,17H2,1-4H3,(H,18,20). The summed E-state index contributed by atoms with van der Waals surface area (Å²) in [5.74, 6) is 0.567. The number of carbonyl (C=O) groups is 1. The van der Waals surface area contributed by atoms with Crippen LogP contribution in [-0.4, -0.2) is 26.0 Å². The van der Waals surface area contributed by atoms with E-state index < -0.39 is 0 Å². The average Bonchev–Trinajstić information content (AvgIpc) is 2.48. The Morgan fingerprint density at radius 3 is 2.45 bits per heavy atom. The van der Waals surface area contributed by atoms with Crippen LogP contribution in [-0.2, 0) is 0 Å². The molecule has 4 heteroatoms. The quantitative estimate of drug-likeness (QED) is 0.753. The van der Waals surface area contributed by atoms with E-state index >= 15 is 0 Å². The molecule has 0 aliphatic heterocycles. The highest BCUT2D eigenvalue weighted by Crippen LogP contribution is 2.25. The summed E-state index contributed by atoms with van der Waals surface area (Å²) in [6.45, 7) is 8.35. The Balaban J connectivity index is 3.12. The summed E-state index contributed by atoms with van der Waals surface area (Å²) >= 11 is 0. The first-order valence-electron chi connectivity index (χ1n) is 7.43. The number of amides is 1. The van der Waals surface area contributed by atoms with Gasteiger partial charge in [-0.3, -0.25) is 4.79 Å². The Bertz CT molecular complexity index is 441. The second-order valence-electron chi connectivity index (χ2n) is 5.08. The summed E-state index contributed by atoms with van der Waals surface area (Å²) < 4.78 is 0. The highest BCUT2D eigenvalue weighted by molar-refractivity contribution is 6.00. The van der Waals surface area contributed by atoms with Crippen molar-refractivity contribution in [1.82, 2.24) is 5.32 Å². The Morgan fingerprint density at radius 2 is 1.95 bits per heavy atom. The number of hydrogen-bond acceptors (Lipinski definition) is 3. The van der Waals surface area contributed by atoms with Crippen LogP contribution in [0.3, 0.4) is 0 Å². The van der Waals surface area contributed by atoms with Crippen LogP contribution in [0.1, 0.15) is 44.0 Å². The van der Waals surface area contributed by atoms with E-state index in [1.807, 2.05) is 6.07 Å². The number of nitrogens with two attached hydrogens (primary N) is 1. The van der Waals surface area contributed by atoms with Gasteiger partial charge in [0, 0.05) is 25.8 Å². The number of nitrogens with zero attached hydrogens (tertiary/aromatic N) is 1. The van der Waals surface area contributed by atoms with Crippen molar-refractivity contribution in [3.63, 3.8) is 0 Å². The van der Waals surface area contributed by atoms with Crippen molar-refractivity contribution in [2.24, 2.45) is 5.92 Å². The summed E-state index contributed by atoms with van der Waals surface area (Å²) in [5.41, 5.74) is 8.21. The summed E-state index contributed by atoms with van der Waals surface area (Å²) in [7, 11) is 1.65. The molecule has 0 spiro atoms. The van der Waals surface area contributed by atoms with Gasteiger partial charge in [0.15, 0.2) is 0 Å². The van der Waals surface area contributed by atoms with Crippen LogP contribution in [0.15, 0.2) is 18.2 Å². The Kier molecular flexibility index (Phi) is 6.36.